The number of carbonyl (C=O) groups is 1. The summed E-state index contributed by atoms with van der Waals surface area (Å²) in [5.74, 6) is 0.728. The van der Waals surface area contributed by atoms with E-state index in [2.05, 4.69) is 38.0 Å². The summed E-state index contributed by atoms with van der Waals surface area (Å²) in [6.45, 7) is 9.27. The van der Waals surface area contributed by atoms with E-state index in [-0.39, 0.29) is 11.3 Å². The molecule has 1 aromatic rings. The average molecular weight is 235 g/mol. The van der Waals surface area contributed by atoms with E-state index < -0.39 is 0 Å². The third kappa shape index (κ3) is 4.06. The van der Waals surface area contributed by atoms with Crippen LogP contribution in [0.5, 0.6) is 0 Å². The monoisotopic (exact) mass is 235 g/mol. The van der Waals surface area contributed by atoms with Crippen molar-refractivity contribution in [1.29, 1.82) is 0 Å². The van der Waals surface area contributed by atoms with E-state index in [0.29, 0.717) is 23.8 Å². The van der Waals surface area contributed by atoms with Crippen LogP contribution < -0.4 is 11.1 Å². The van der Waals surface area contributed by atoms with Crippen molar-refractivity contribution in [3.63, 3.8) is 0 Å². The third-order valence-corrected chi connectivity index (χ3v) is 3.10. The summed E-state index contributed by atoms with van der Waals surface area (Å²) in [6.07, 6.45) is 1.49. The molecule has 94 valence electrons. The van der Waals surface area contributed by atoms with E-state index >= 15 is 0 Å². The fraction of sp³-hybridized carbons (Fsp3) is 0.538. The minimum atomic E-state index is -0.103. The van der Waals surface area contributed by atoms with E-state index in [4.69, 9.17) is 5.73 Å². The zero-order valence-electron chi connectivity index (χ0n) is 10.9. The van der Waals surface area contributed by atoms with Crippen molar-refractivity contribution in [2.24, 2.45) is 11.3 Å². The highest BCUT2D eigenvalue weighted by atomic mass is 16.1. The van der Waals surface area contributed by atoms with Crippen molar-refractivity contribution < 1.29 is 4.79 Å². The van der Waals surface area contributed by atoms with Crippen LogP contribution in [0.4, 0.5) is 5.82 Å². The van der Waals surface area contributed by atoms with Crippen LogP contribution in [0.1, 0.15) is 38.1 Å². The maximum atomic E-state index is 11.8. The molecular weight excluding hydrogens is 214 g/mol. The van der Waals surface area contributed by atoms with E-state index in [9.17, 15) is 4.79 Å². The number of pyridine rings is 1. The van der Waals surface area contributed by atoms with Crippen molar-refractivity contribution >= 4 is 11.7 Å². The Hall–Kier alpha value is -1.58. The van der Waals surface area contributed by atoms with Crippen LogP contribution in [0.15, 0.2) is 18.3 Å². The van der Waals surface area contributed by atoms with Crippen molar-refractivity contribution in [2.45, 2.75) is 27.7 Å². The average Bonchev–Trinajstić information content (AvgIpc) is 2.25. The second kappa shape index (κ2) is 5.17. The molecule has 1 rings (SSSR count). The fourth-order valence-electron chi connectivity index (χ4n) is 1.19. The predicted octanol–water partition coefficient (Wildman–Crippen LogP) is 2.08. The normalized spacial score (nSPS) is 13.2. The first kappa shape index (κ1) is 13.5. The summed E-state index contributed by atoms with van der Waals surface area (Å²) >= 11 is 0. The predicted molar refractivity (Wildman–Crippen MR) is 69.6 cm³/mol. The van der Waals surface area contributed by atoms with Crippen molar-refractivity contribution in [3.8, 4) is 0 Å². The number of rotatable bonds is 3. The summed E-state index contributed by atoms with van der Waals surface area (Å²) in [7, 11) is 0. The molecule has 4 heteroatoms. The van der Waals surface area contributed by atoms with Gasteiger partial charge < -0.3 is 11.1 Å². The third-order valence-electron chi connectivity index (χ3n) is 3.10. The highest BCUT2D eigenvalue weighted by molar-refractivity contribution is 5.93. The molecule has 0 bridgehead atoms. The van der Waals surface area contributed by atoms with Crippen molar-refractivity contribution in [1.82, 2.24) is 10.3 Å². The van der Waals surface area contributed by atoms with E-state index in [1.807, 2.05) is 0 Å². The second-order valence-corrected chi connectivity index (χ2v) is 5.45. The highest BCUT2D eigenvalue weighted by Gasteiger charge is 2.20. The molecule has 3 N–H and O–H groups in total. The Bertz CT molecular complexity index is 379. The topological polar surface area (TPSA) is 68.0 Å². The molecule has 17 heavy (non-hydrogen) atoms. The highest BCUT2D eigenvalue weighted by Crippen LogP contribution is 2.24. The molecule has 0 radical (unpaired) electrons. The maximum Gasteiger partial charge on any atom is 0.252 e. The van der Waals surface area contributed by atoms with Crippen molar-refractivity contribution in [3.05, 3.63) is 23.9 Å². The van der Waals surface area contributed by atoms with Gasteiger partial charge in [-0.1, -0.05) is 27.7 Å². The van der Waals surface area contributed by atoms with Gasteiger partial charge in [0.2, 0.25) is 0 Å². The van der Waals surface area contributed by atoms with Crippen LogP contribution in [-0.4, -0.2) is 17.4 Å². The number of aromatic nitrogens is 1. The van der Waals surface area contributed by atoms with Gasteiger partial charge in [0.25, 0.3) is 5.91 Å². The lowest BCUT2D eigenvalue weighted by Crippen LogP contribution is -2.33. The Balaban J connectivity index is 2.53. The van der Waals surface area contributed by atoms with Gasteiger partial charge in [-0.05, 0) is 23.5 Å². The number of amides is 1. The number of hydrogen-bond acceptors (Lipinski definition) is 3. The molecule has 4 nitrogen and oxygen atoms in total. The molecule has 0 fully saturated rings. The number of anilines is 1. The lowest BCUT2D eigenvalue weighted by Gasteiger charge is -2.27. The Morgan fingerprint density at radius 3 is 2.59 bits per heavy atom. The molecule has 0 aliphatic rings. The number of nitrogens with one attached hydrogen (secondary N) is 1. The first-order chi connectivity index (χ1) is 7.80. The molecule has 1 aromatic heterocycles. The van der Waals surface area contributed by atoms with Crippen molar-refractivity contribution in [2.75, 3.05) is 12.3 Å². The quantitative estimate of drug-likeness (QED) is 0.842. The lowest BCUT2D eigenvalue weighted by molar-refractivity contribution is 0.0937. The molecule has 1 unspecified atom stereocenters. The van der Waals surface area contributed by atoms with Gasteiger partial charge in [0.1, 0.15) is 5.82 Å². The standard InChI is InChI=1S/C13H21N3O/c1-9(13(2,3)4)7-16-12(17)10-5-6-11(14)15-8-10/h5-6,8-9H,7H2,1-4H3,(H2,14,15)(H,16,17). The van der Waals surface area contributed by atoms with E-state index in [0.717, 1.165) is 0 Å². The molecule has 0 saturated carbocycles. The lowest BCUT2D eigenvalue weighted by atomic mass is 9.82. The maximum absolute atomic E-state index is 11.8. The Kier molecular flexibility index (Phi) is 4.10. The van der Waals surface area contributed by atoms with Crippen LogP contribution in [-0.2, 0) is 0 Å². The number of nitrogens with two attached hydrogens (primary N) is 1. The number of nitrogen functional groups attached to an aromatic ring is 1. The van der Waals surface area contributed by atoms with Crippen LogP contribution in [0.3, 0.4) is 0 Å². The SMILES string of the molecule is CC(CNC(=O)c1ccc(N)nc1)C(C)(C)C. The first-order valence-electron chi connectivity index (χ1n) is 5.80. The van der Waals surface area contributed by atoms with Gasteiger partial charge in [-0.2, -0.15) is 0 Å². The molecular formula is C13H21N3O. The van der Waals surface area contributed by atoms with Gasteiger partial charge in [0.05, 0.1) is 5.56 Å². The largest absolute Gasteiger partial charge is 0.384 e. The minimum absolute atomic E-state index is 0.103. The zero-order valence-corrected chi connectivity index (χ0v) is 10.9. The number of nitrogens with zero attached hydrogens (tertiary/aromatic N) is 1. The molecule has 0 saturated heterocycles. The van der Waals surface area contributed by atoms with Gasteiger partial charge in [0, 0.05) is 12.7 Å². The molecule has 0 aliphatic carbocycles. The summed E-state index contributed by atoms with van der Waals surface area (Å²) in [6, 6.07) is 3.31. The van der Waals surface area contributed by atoms with Gasteiger partial charge in [0.15, 0.2) is 0 Å². The summed E-state index contributed by atoms with van der Waals surface area (Å²) in [5, 5.41) is 2.90. The summed E-state index contributed by atoms with van der Waals surface area (Å²) < 4.78 is 0. The Morgan fingerprint density at radius 2 is 2.12 bits per heavy atom. The fourth-order valence-corrected chi connectivity index (χ4v) is 1.19. The second-order valence-electron chi connectivity index (χ2n) is 5.45. The van der Waals surface area contributed by atoms with Crippen LogP contribution >= 0.6 is 0 Å². The zero-order chi connectivity index (χ0) is 13.1. The number of hydrogen-bond donors (Lipinski definition) is 2. The minimum Gasteiger partial charge on any atom is -0.384 e. The molecule has 0 aliphatic heterocycles. The van der Waals surface area contributed by atoms with Crippen LogP contribution in [0.2, 0.25) is 0 Å². The molecule has 1 amide bonds. The molecule has 0 spiro atoms. The smallest absolute Gasteiger partial charge is 0.252 e. The van der Waals surface area contributed by atoms with Crippen LogP contribution in [0.25, 0.3) is 0 Å². The van der Waals surface area contributed by atoms with E-state index in [1.54, 1.807) is 12.1 Å². The van der Waals surface area contributed by atoms with Gasteiger partial charge in [-0.3, -0.25) is 4.79 Å². The van der Waals surface area contributed by atoms with Crippen LogP contribution in [0, 0.1) is 11.3 Å². The molecule has 1 atom stereocenters. The Morgan fingerprint density at radius 1 is 1.47 bits per heavy atom. The first-order valence-corrected chi connectivity index (χ1v) is 5.80. The number of carbonyl (C=O) groups excluding carboxylic acids is 1. The molecule has 0 aromatic carbocycles. The van der Waals surface area contributed by atoms with Gasteiger partial charge >= 0.3 is 0 Å². The molecule has 1 heterocycles. The summed E-state index contributed by atoms with van der Waals surface area (Å²) in [5.41, 5.74) is 6.19. The van der Waals surface area contributed by atoms with Gasteiger partial charge in [-0.25, -0.2) is 4.98 Å². The Labute approximate surface area is 103 Å². The summed E-state index contributed by atoms with van der Waals surface area (Å²) in [4.78, 5) is 15.7. The van der Waals surface area contributed by atoms with Gasteiger partial charge in [-0.15, -0.1) is 0 Å². The van der Waals surface area contributed by atoms with E-state index in [1.165, 1.54) is 6.20 Å².